The first-order valence-electron chi connectivity index (χ1n) is 8.11. The number of carbonyl (C=O) groups excluding carboxylic acids is 1. The van der Waals surface area contributed by atoms with E-state index in [1.165, 1.54) is 12.1 Å². The molecule has 1 N–H and O–H groups in total. The van der Waals surface area contributed by atoms with E-state index in [9.17, 15) is 9.18 Å². The van der Waals surface area contributed by atoms with Gasteiger partial charge < -0.3 is 15.0 Å². The van der Waals surface area contributed by atoms with Gasteiger partial charge in [-0.15, -0.1) is 0 Å². The zero-order valence-electron chi connectivity index (χ0n) is 14.0. The molecule has 0 unspecified atom stereocenters. The summed E-state index contributed by atoms with van der Waals surface area (Å²) in [6, 6.07) is 4.59. The number of hydrogen-bond donors (Lipinski definition) is 1. The molecule has 1 fully saturated rings. The Balaban J connectivity index is 1.83. The quantitative estimate of drug-likeness (QED) is 0.772. The van der Waals surface area contributed by atoms with Gasteiger partial charge in [0.1, 0.15) is 11.6 Å². The molecule has 1 aromatic rings. The van der Waals surface area contributed by atoms with E-state index in [4.69, 9.17) is 4.74 Å². The van der Waals surface area contributed by atoms with E-state index in [0.717, 1.165) is 44.7 Å². The summed E-state index contributed by atoms with van der Waals surface area (Å²) in [6.45, 7) is 4.58. The summed E-state index contributed by atoms with van der Waals surface area (Å²) in [5, 5.41) is 3.05. The van der Waals surface area contributed by atoms with Crippen LogP contribution in [0.15, 0.2) is 18.2 Å². The van der Waals surface area contributed by atoms with E-state index < -0.39 is 0 Å². The molecule has 0 aliphatic carbocycles. The Bertz CT molecular complexity index is 517. The van der Waals surface area contributed by atoms with Crippen LogP contribution in [0.25, 0.3) is 0 Å². The Hall–Kier alpha value is -1.66. The summed E-state index contributed by atoms with van der Waals surface area (Å²) >= 11 is 0. The first-order valence-corrected chi connectivity index (χ1v) is 8.11. The van der Waals surface area contributed by atoms with Crippen molar-refractivity contribution in [2.45, 2.75) is 19.4 Å². The maximum Gasteiger partial charge on any atom is 0.222 e. The summed E-state index contributed by atoms with van der Waals surface area (Å²) in [5.41, 5.74) is 0.848. The summed E-state index contributed by atoms with van der Waals surface area (Å²) in [6.07, 6.45) is 1.47. The van der Waals surface area contributed by atoms with Crippen LogP contribution in [0.4, 0.5) is 4.39 Å². The third-order valence-corrected chi connectivity index (χ3v) is 4.18. The lowest BCUT2D eigenvalue weighted by Gasteiger charge is -2.35. The highest BCUT2D eigenvalue weighted by Crippen LogP contribution is 2.21. The highest BCUT2D eigenvalue weighted by atomic mass is 19.1. The first-order chi connectivity index (χ1) is 11.1. The van der Waals surface area contributed by atoms with Crippen LogP contribution in [-0.4, -0.2) is 62.6 Å². The van der Waals surface area contributed by atoms with Gasteiger partial charge in [0, 0.05) is 44.7 Å². The fourth-order valence-corrected chi connectivity index (χ4v) is 2.84. The average Bonchev–Trinajstić information content (AvgIpc) is 2.56. The molecule has 1 saturated heterocycles. The molecule has 1 aliphatic heterocycles. The fraction of sp³-hybridized carbons (Fsp3) is 0.588. The van der Waals surface area contributed by atoms with E-state index in [1.54, 1.807) is 13.2 Å². The van der Waals surface area contributed by atoms with Crippen molar-refractivity contribution in [2.75, 3.05) is 46.9 Å². The third kappa shape index (κ3) is 5.18. The predicted molar refractivity (Wildman–Crippen MR) is 88.0 cm³/mol. The molecule has 0 saturated carbocycles. The lowest BCUT2D eigenvalue weighted by atomic mass is 10.1. The normalized spacial score (nSPS) is 15.7. The van der Waals surface area contributed by atoms with Gasteiger partial charge in [0.05, 0.1) is 7.11 Å². The smallest absolute Gasteiger partial charge is 0.222 e. The lowest BCUT2D eigenvalue weighted by molar-refractivity contribution is -0.133. The summed E-state index contributed by atoms with van der Waals surface area (Å²) in [4.78, 5) is 16.2. The van der Waals surface area contributed by atoms with Crippen molar-refractivity contribution >= 4 is 5.91 Å². The number of ether oxygens (including phenoxy) is 1. The van der Waals surface area contributed by atoms with Crippen molar-refractivity contribution in [1.82, 2.24) is 15.1 Å². The van der Waals surface area contributed by atoms with Crippen LogP contribution in [0, 0.1) is 5.82 Å². The standard InChI is InChI=1S/C17H26FN3O2/c1-19-7-3-4-17(22)21-10-8-20(9-11-21)13-14-12-15(18)5-6-16(14)23-2/h5-6,12,19H,3-4,7-11,13H2,1-2H3. The van der Waals surface area contributed by atoms with E-state index >= 15 is 0 Å². The molecule has 23 heavy (non-hydrogen) atoms. The van der Waals surface area contributed by atoms with Crippen molar-refractivity contribution < 1.29 is 13.9 Å². The third-order valence-electron chi connectivity index (χ3n) is 4.18. The van der Waals surface area contributed by atoms with E-state index in [-0.39, 0.29) is 11.7 Å². The molecule has 128 valence electrons. The molecule has 0 spiro atoms. The number of benzene rings is 1. The zero-order valence-corrected chi connectivity index (χ0v) is 14.0. The Morgan fingerprint density at radius 2 is 2.04 bits per heavy atom. The number of methoxy groups -OCH3 is 1. The van der Waals surface area contributed by atoms with Gasteiger partial charge in [0.25, 0.3) is 0 Å². The molecular formula is C17H26FN3O2. The second-order valence-electron chi connectivity index (χ2n) is 5.82. The lowest BCUT2D eigenvalue weighted by Crippen LogP contribution is -2.48. The number of piperazine rings is 1. The SMILES string of the molecule is CNCCCC(=O)N1CCN(Cc2cc(F)ccc2OC)CC1. The molecule has 5 nitrogen and oxygen atoms in total. The van der Waals surface area contributed by atoms with E-state index in [0.29, 0.717) is 18.7 Å². The van der Waals surface area contributed by atoms with Gasteiger partial charge in [-0.25, -0.2) is 4.39 Å². The Kier molecular flexibility index (Phi) is 6.80. The number of halogens is 1. The predicted octanol–water partition coefficient (Wildman–Crippen LogP) is 1.48. The molecular weight excluding hydrogens is 297 g/mol. The fourth-order valence-electron chi connectivity index (χ4n) is 2.84. The molecule has 1 aliphatic rings. The Morgan fingerprint density at radius 1 is 1.30 bits per heavy atom. The topological polar surface area (TPSA) is 44.8 Å². The summed E-state index contributed by atoms with van der Waals surface area (Å²) in [5.74, 6) is 0.680. The molecule has 0 bridgehead atoms. The highest BCUT2D eigenvalue weighted by Gasteiger charge is 2.21. The van der Waals surface area contributed by atoms with Crippen LogP contribution < -0.4 is 10.1 Å². The first kappa shape index (κ1) is 17.7. The molecule has 0 radical (unpaired) electrons. The van der Waals surface area contributed by atoms with Crippen molar-refractivity contribution in [3.8, 4) is 5.75 Å². The molecule has 6 heteroatoms. The highest BCUT2D eigenvalue weighted by molar-refractivity contribution is 5.76. The van der Waals surface area contributed by atoms with Gasteiger partial charge in [0.15, 0.2) is 0 Å². The van der Waals surface area contributed by atoms with Crippen LogP contribution in [0.2, 0.25) is 0 Å². The van der Waals surface area contributed by atoms with Gasteiger partial charge in [0.2, 0.25) is 5.91 Å². The monoisotopic (exact) mass is 323 g/mol. The van der Waals surface area contributed by atoms with Crippen molar-refractivity contribution in [3.05, 3.63) is 29.6 Å². The number of carbonyl (C=O) groups is 1. The van der Waals surface area contributed by atoms with Crippen LogP contribution in [0.1, 0.15) is 18.4 Å². The second kappa shape index (κ2) is 8.84. The Labute approximate surface area is 137 Å². The minimum absolute atomic E-state index is 0.225. The minimum Gasteiger partial charge on any atom is -0.496 e. The summed E-state index contributed by atoms with van der Waals surface area (Å²) in [7, 11) is 3.49. The molecule has 0 aromatic heterocycles. The second-order valence-corrected chi connectivity index (χ2v) is 5.82. The molecule has 1 aromatic carbocycles. The Morgan fingerprint density at radius 3 is 2.70 bits per heavy atom. The molecule has 0 atom stereocenters. The van der Waals surface area contributed by atoms with Gasteiger partial charge in [-0.05, 0) is 38.2 Å². The largest absolute Gasteiger partial charge is 0.496 e. The number of rotatable bonds is 7. The van der Waals surface area contributed by atoms with Crippen LogP contribution in [0.5, 0.6) is 5.75 Å². The van der Waals surface area contributed by atoms with Gasteiger partial charge in [-0.2, -0.15) is 0 Å². The maximum absolute atomic E-state index is 13.4. The van der Waals surface area contributed by atoms with Crippen LogP contribution in [0.3, 0.4) is 0 Å². The van der Waals surface area contributed by atoms with E-state index in [2.05, 4.69) is 10.2 Å². The molecule has 1 amide bonds. The molecule has 2 rings (SSSR count). The number of hydrogen-bond acceptors (Lipinski definition) is 4. The number of amides is 1. The minimum atomic E-state index is -0.251. The van der Waals surface area contributed by atoms with Crippen LogP contribution >= 0.6 is 0 Å². The van der Waals surface area contributed by atoms with Gasteiger partial charge in [-0.3, -0.25) is 9.69 Å². The van der Waals surface area contributed by atoms with Crippen molar-refractivity contribution in [1.29, 1.82) is 0 Å². The maximum atomic E-state index is 13.4. The van der Waals surface area contributed by atoms with Crippen LogP contribution in [-0.2, 0) is 11.3 Å². The van der Waals surface area contributed by atoms with Gasteiger partial charge >= 0.3 is 0 Å². The van der Waals surface area contributed by atoms with Crippen molar-refractivity contribution in [3.63, 3.8) is 0 Å². The number of nitrogens with one attached hydrogen (secondary N) is 1. The summed E-state index contributed by atoms with van der Waals surface area (Å²) < 4.78 is 18.7. The zero-order chi connectivity index (χ0) is 16.7. The van der Waals surface area contributed by atoms with Gasteiger partial charge in [-0.1, -0.05) is 0 Å². The number of nitrogens with zero attached hydrogens (tertiary/aromatic N) is 2. The van der Waals surface area contributed by atoms with E-state index in [1.807, 2.05) is 11.9 Å². The van der Waals surface area contributed by atoms with Crippen molar-refractivity contribution in [2.24, 2.45) is 0 Å². The average molecular weight is 323 g/mol. The molecule has 1 heterocycles.